The number of hydrazone groups is 1. The van der Waals surface area contributed by atoms with E-state index in [1.165, 1.54) is 55.6 Å². The summed E-state index contributed by atoms with van der Waals surface area (Å²) < 4.78 is 5.37. The molecule has 2 aromatic carbocycles. The number of amides is 1. The van der Waals surface area contributed by atoms with Crippen LogP contribution in [0.5, 0.6) is 5.75 Å². The van der Waals surface area contributed by atoms with Gasteiger partial charge in [0.2, 0.25) is 0 Å². The van der Waals surface area contributed by atoms with E-state index in [1.54, 1.807) is 6.07 Å². The number of hydrogen-bond acceptors (Lipinski definition) is 7. The zero-order valence-electron chi connectivity index (χ0n) is 13.6. The first-order chi connectivity index (χ1) is 12.4. The molecule has 0 aliphatic carbocycles. The molecule has 1 atom stereocenters. The summed E-state index contributed by atoms with van der Waals surface area (Å²) in [6.07, 6.45) is 0.363. The van der Waals surface area contributed by atoms with Gasteiger partial charge in [0.25, 0.3) is 17.3 Å². The Labute approximate surface area is 147 Å². The van der Waals surface area contributed by atoms with E-state index in [1.807, 2.05) is 0 Å². The van der Waals surface area contributed by atoms with Crippen LogP contribution < -0.4 is 10.2 Å². The Hall–Kier alpha value is -3.82. The highest BCUT2D eigenvalue weighted by Crippen LogP contribution is 2.18. The molecule has 2 rings (SSSR count). The molecular formula is C16H14N4O6. The van der Waals surface area contributed by atoms with Crippen LogP contribution in [0, 0.1) is 20.2 Å². The minimum Gasteiger partial charge on any atom is -0.481 e. The van der Waals surface area contributed by atoms with Crippen LogP contribution in [0.15, 0.2) is 53.6 Å². The normalized spacial score (nSPS) is 11.7. The van der Waals surface area contributed by atoms with Crippen molar-refractivity contribution in [2.75, 3.05) is 0 Å². The van der Waals surface area contributed by atoms with E-state index in [2.05, 4.69) is 10.5 Å². The Kier molecular flexibility index (Phi) is 5.93. The van der Waals surface area contributed by atoms with Gasteiger partial charge in [-0.2, -0.15) is 5.10 Å². The van der Waals surface area contributed by atoms with Crippen molar-refractivity contribution < 1.29 is 19.4 Å². The summed E-state index contributed by atoms with van der Waals surface area (Å²) in [7, 11) is 0. The highest BCUT2D eigenvalue weighted by atomic mass is 16.6. The molecule has 0 bridgehead atoms. The Balaban J connectivity index is 1.91. The molecule has 0 aliphatic heterocycles. The minimum absolute atomic E-state index is 0.0870. The van der Waals surface area contributed by atoms with Gasteiger partial charge in [-0.05, 0) is 19.1 Å². The van der Waals surface area contributed by atoms with E-state index >= 15 is 0 Å². The van der Waals surface area contributed by atoms with Crippen molar-refractivity contribution >= 4 is 23.5 Å². The quantitative estimate of drug-likeness (QED) is 0.458. The summed E-state index contributed by atoms with van der Waals surface area (Å²) in [6.45, 7) is 1.49. The second-order valence-electron chi connectivity index (χ2n) is 5.10. The van der Waals surface area contributed by atoms with Crippen molar-refractivity contribution in [1.29, 1.82) is 0 Å². The average molecular weight is 358 g/mol. The van der Waals surface area contributed by atoms with Crippen molar-refractivity contribution in [3.63, 3.8) is 0 Å². The summed E-state index contributed by atoms with van der Waals surface area (Å²) in [5.41, 5.74) is 2.53. The van der Waals surface area contributed by atoms with E-state index in [9.17, 15) is 25.0 Å². The topological polar surface area (TPSA) is 137 Å². The standard InChI is InChI=1S/C16H14N4O6/c1-11(26-15-7-5-13(6-8-15)19(22)23)16(21)18-17-10-12-3-2-4-14(9-12)20(24)25/h2-11H,1H3,(H,18,21)/b17-10+. The average Bonchev–Trinajstić information content (AvgIpc) is 2.62. The van der Waals surface area contributed by atoms with Crippen molar-refractivity contribution in [2.45, 2.75) is 13.0 Å². The molecule has 0 aliphatic rings. The largest absolute Gasteiger partial charge is 0.481 e. The first-order valence-electron chi connectivity index (χ1n) is 7.35. The lowest BCUT2D eigenvalue weighted by Gasteiger charge is -2.12. The van der Waals surface area contributed by atoms with Crippen LogP contribution in [0.1, 0.15) is 12.5 Å². The van der Waals surface area contributed by atoms with E-state index in [-0.39, 0.29) is 11.4 Å². The Morgan fingerprint density at radius 1 is 1.12 bits per heavy atom. The minimum atomic E-state index is -0.904. The first kappa shape index (κ1) is 18.5. The maximum atomic E-state index is 11.9. The van der Waals surface area contributed by atoms with Crippen molar-refractivity contribution in [1.82, 2.24) is 5.43 Å². The molecule has 0 aromatic heterocycles. The number of carbonyl (C=O) groups excluding carboxylic acids is 1. The van der Waals surface area contributed by atoms with Gasteiger partial charge >= 0.3 is 0 Å². The van der Waals surface area contributed by atoms with Gasteiger partial charge < -0.3 is 4.74 Å². The zero-order valence-corrected chi connectivity index (χ0v) is 13.6. The van der Waals surface area contributed by atoms with Crippen LogP contribution in [0.4, 0.5) is 11.4 Å². The zero-order chi connectivity index (χ0) is 19.1. The van der Waals surface area contributed by atoms with Gasteiger partial charge in [-0.3, -0.25) is 25.0 Å². The maximum Gasteiger partial charge on any atom is 0.280 e. The van der Waals surface area contributed by atoms with Crippen LogP contribution >= 0.6 is 0 Å². The summed E-state index contributed by atoms with van der Waals surface area (Å²) in [5, 5.41) is 25.0. The van der Waals surface area contributed by atoms with Gasteiger partial charge in [-0.15, -0.1) is 0 Å². The lowest BCUT2D eigenvalue weighted by molar-refractivity contribution is -0.385. The number of rotatable bonds is 7. The molecule has 0 saturated heterocycles. The lowest BCUT2D eigenvalue weighted by atomic mass is 10.2. The molecule has 0 fully saturated rings. The fourth-order valence-corrected chi connectivity index (χ4v) is 1.88. The number of nitro groups is 2. The van der Waals surface area contributed by atoms with Gasteiger partial charge in [0.1, 0.15) is 5.75 Å². The second-order valence-corrected chi connectivity index (χ2v) is 5.10. The molecule has 10 heteroatoms. The lowest BCUT2D eigenvalue weighted by Crippen LogP contribution is -2.33. The molecule has 26 heavy (non-hydrogen) atoms. The van der Waals surface area contributed by atoms with Crippen LogP contribution in [-0.4, -0.2) is 28.1 Å². The summed E-state index contributed by atoms with van der Waals surface area (Å²) >= 11 is 0. The number of carbonyl (C=O) groups is 1. The monoisotopic (exact) mass is 358 g/mol. The predicted octanol–water partition coefficient (Wildman–Crippen LogP) is 2.42. The molecule has 10 nitrogen and oxygen atoms in total. The number of ether oxygens (including phenoxy) is 1. The Morgan fingerprint density at radius 3 is 2.38 bits per heavy atom. The molecule has 1 N–H and O–H groups in total. The highest BCUT2D eigenvalue weighted by Gasteiger charge is 2.14. The van der Waals surface area contributed by atoms with E-state index in [0.29, 0.717) is 11.3 Å². The smallest absolute Gasteiger partial charge is 0.280 e. The van der Waals surface area contributed by atoms with Gasteiger partial charge in [0.15, 0.2) is 6.10 Å². The van der Waals surface area contributed by atoms with Gasteiger partial charge in [-0.1, -0.05) is 12.1 Å². The third-order valence-corrected chi connectivity index (χ3v) is 3.20. The van der Waals surface area contributed by atoms with E-state index in [4.69, 9.17) is 4.74 Å². The van der Waals surface area contributed by atoms with Crippen LogP contribution in [-0.2, 0) is 4.79 Å². The Morgan fingerprint density at radius 2 is 1.77 bits per heavy atom. The third kappa shape index (κ3) is 5.09. The van der Waals surface area contributed by atoms with Crippen LogP contribution in [0.3, 0.4) is 0 Å². The predicted molar refractivity (Wildman–Crippen MR) is 92.0 cm³/mol. The number of nitro benzene ring substituents is 2. The van der Waals surface area contributed by atoms with Gasteiger partial charge in [0, 0.05) is 29.8 Å². The SMILES string of the molecule is CC(Oc1ccc([N+](=O)[O-])cc1)C(=O)N/N=C/c1cccc([N+](=O)[O-])c1. The van der Waals surface area contributed by atoms with Crippen LogP contribution in [0.2, 0.25) is 0 Å². The number of non-ortho nitro benzene ring substituents is 2. The summed E-state index contributed by atoms with van der Waals surface area (Å²) in [5.74, 6) is -0.258. The molecule has 0 radical (unpaired) electrons. The second kappa shape index (κ2) is 8.33. The van der Waals surface area contributed by atoms with Crippen molar-refractivity contribution in [2.24, 2.45) is 5.10 Å². The Bertz CT molecular complexity index is 850. The molecule has 0 spiro atoms. The van der Waals surface area contributed by atoms with Crippen molar-refractivity contribution in [3.05, 3.63) is 74.3 Å². The van der Waals surface area contributed by atoms with Gasteiger partial charge in [-0.25, -0.2) is 5.43 Å². The number of benzene rings is 2. The van der Waals surface area contributed by atoms with Crippen LogP contribution in [0.25, 0.3) is 0 Å². The number of nitrogens with zero attached hydrogens (tertiary/aromatic N) is 3. The molecule has 2 aromatic rings. The van der Waals surface area contributed by atoms with Crippen molar-refractivity contribution in [3.8, 4) is 5.75 Å². The molecule has 1 amide bonds. The third-order valence-electron chi connectivity index (χ3n) is 3.20. The molecule has 0 saturated carbocycles. The molecular weight excluding hydrogens is 344 g/mol. The van der Waals surface area contributed by atoms with Gasteiger partial charge in [0.05, 0.1) is 16.1 Å². The fraction of sp³-hybridized carbons (Fsp3) is 0.125. The summed E-state index contributed by atoms with van der Waals surface area (Å²) in [6, 6.07) is 11.0. The maximum absolute atomic E-state index is 11.9. The number of hydrogen-bond donors (Lipinski definition) is 1. The van der Waals surface area contributed by atoms with E-state index < -0.39 is 21.9 Å². The molecule has 134 valence electrons. The molecule has 0 heterocycles. The highest BCUT2D eigenvalue weighted by molar-refractivity contribution is 5.84. The number of nitrogens with one attached hydrogen (secondary N) is 1. The summed E-state index contributed by atoms with van der Waals surface area (Å²) in [4.78, 5) is 32.1. The first-order valence-corrected chi connectivity index (χ1v) is 7.35. The molecule has 1 unspecified atom stereocenters. The fourth-order valence-electron chi connectivity index (χ4n) is 1.88. The van der Waals surface area contributed by atoms with E-state index in [0.717, 1.165) is 0 Å².